The van der Waals surface area contributed by atoms with Crippen molar-refractivity contribution < 1.29 is 70.9 Å². The number of rotatable bonds is 12. The number of ether oxygens (including phenoxy) is 2. The van der Waals surface area contributed by atoms with Gasteiger partial charge in [0.2, 0.25) is 35.1 Å². The number of aromatic nitrogens is 11. The fraction of sp³-hybridized carbons (Fsp3) is 0.423. The van der Waals surface area contributed by atoms with Gasteiger partial charge in [0.1, 0.15) is 22.8 Å². The van der Waals surface area contributed by atoms with Gasteiger partial charge >= 0.3 is 24.1 Å². The molecule has 10 aromatic rings. The smallest absolute Gasteiger partial charge is 0.410 e. The molecule has 0 bridgehead atoms. The van der Waals surface area contributed by atoms with Crippen LogP contribution in [0.25, 0.3) is 34.6 Å². The molecule has 4 saturated heterocycles. The lowest BCUT2D eigenvalue weighted by Crippen LogP contribution is -2.49. The predicted molar refractivity (Wildman–Crippen MR) is 446 cm³/mol. The molecule has 119 heavy (non-hydrogen) atoms. The fourth-order valence-electron chi connectivity index (χ4n) is 12.2. The fourth-order valence-corrected chi connectivity index (χ4v) is 13.1. The zero-order valence-electron chi connectivity index (χ0n) is 66.6. The summed E-state index contributed by atoms with van der Waals surface area (Å²) in [5.74, 6) is 0.522. The van der Waals surface area contributed by atoms with Crippen LogP contribution in [0.15, 0.2) is 134 Å². The second kappa shape index (κ2) is 44.2. The SMILES string of the molecule is C[C@@H]1CCC(C(=O)ON=C(N)c2cc(Cl)c[nH]2)CN1C(=O)OC(C)(C)C.C[C@@H]1CCC(c2nc(-c3cc(Cl)c[nH]3)no2)CN1.C[C@@H]1CCC(c2nc(-c3cc(Cl)c[nH]3)no2)CN1C(=O)c1ccc(F)cc1.C[C@@H]1CC[C@H](c2nc(-c3cc(Cl)c[nH]3)no2)CN1C(=O)OC(C)(C)C.ClCCl.NC(=NO)c1cc(Cl)c[nH]1.O=C(O)c1ccc(F)cc1. The normalized spacial score (nSPS) is 19.3. The second-order valence-corrected chi connectivity index (χ2v) is 33.0. The van der Waals surface area contributed by atoms with Crippen LogP contribution >= 0.6 is 81.2 Å². The van der Waals surface area contributed by atoms with E-state index >= 15 is 0 Å². The first-order chi connectivity index (χ1) is 56.4. The van der Waals surface area contributed by atoms with E-state index in [0.29, 0.717) is 126 Å². The number of amidine groups is 2. The Balaban J connectivity index is 0.000000182. The summed E-state index contributed by atoms with van der Waals surface area (Å²) in [5.41, 5.74) is 13.5. The lowest BCUT2D eigenvalue weighted by atomic mass is 9.92. The van der Waals surface area contributed by atoms with Crippen LogP contribution in [-0.2, 0) is 19.1 Å². The summed E-state index contributed by atoms with van der Waals surface area (Å²) in [6, 6.07) is 19.4. The molecule has 0 saturated carbocycles. The molecular formula is C78H94Cl7F2N19O13. The molecule has 8 atom stereocenters. The van der Waals surface area contributed by atoms with Gasteiger partial charge in [-0.25, -0.2) is 28.0 Å². The lowest BCUT2D eigenvalue weighted by Gasteiger charge is -2.37. The Morgan fingerprint density at radius 2 is 0.891 bits per heavy atom. The van der Waals surface area contributed by atoms with Gasteiger partial charge in [-0.05, 0) is 199 Å². The number of oxime groups is 2. The largest absolute Gasteiger partial charge is 0.478 e. The first kappa shape index (κ1) is 94.3. The van der Waals surface area contributed by atoms with Gasteiger partial charge in [0.05, 0.1) is 88.2 Å². The van der Waals surface area contributed by atoms with Crippen LogP contribution in [-0.4, -0.2) is 189 Å². The molecule has 32 nitrogen and oxygen atoms in total. The Hall–Kier alpha value is -10.2. The van der Waals surface area contributed by atoms with Crippen LogP contribution in [0.1, 0.15) is 188 Å². The average Bonchev–Trinajstić information content (AvgIpc) is 1.78. The third-order valence-corrected chi connectivity index (χ3v) is 19.7. The topological polar surface area (TPSA) is 448 Å². The first-order valence-electron chi connectivity index (χ1n) is 37.5. The van der Waals surface area contributed by atoms with Crippen LogP contribution in [0.3, 0.4) is 0 Å². The number of amides is 3. The molecular weight excluding hydrogens is 1700 g/mol. The highest BCUT2D eigenvalue weighted by molar-refractivity contribution is 6.40. The van der Waals surface area contributed by atoms with E-state index in [1.165, 1.54) is 36.4 Å². The number of likely N-dealkylation sites (tertiary alicyclic amines) is 3. The number of H-pyrrole nitrogens is 5. The number of nitrogens with zero attached hydrogens (tertiary/aromatic N) is 11. The van der Waals surface area contributed by atoms with Crippen LogP contribution in [0.5, 0.6) is 0 Å². The van der Waals surface area contributed by atoms with E-state index in [1.54, 1.807) is 96.8 Å². The van der Waals surface area contributed by atoms with E-state index in [-0.39, 0.29) is 76.9 Å². The minimum Gasteiger partial charge on any atom is -0.478 e. The summed E-state index contributed by atoms with van der Waals surface area (Å²) in [7, 11) is 0. The van der Waals surface area contributed by atoms with Crippen molar-refractivity contribution in [3.63, 3.8) is 0 Å². The van der Waals surface area contributed by atoms with Crippen molar-refractivity contribution in [3.8, 4) is 34.6 Å². The van der Waals surface area contributed by atoms with Gasteiger partial charge in [0.15, 0.2) is 11.7 Å². The van der Waals surface area contributed by atoms with Crippen molar-refractivity contribution in [1.82, 2.24) is 75.4 Å². The number of piperidine rings is 4. The van der Waals surface area contributed by atoms with E-state index in [9.17, 15) is 32.8 Å². The van der Waals surface area contributed by atoms with Gasteiger partial charge in [-0.1, -0.05) is 83.8 Å². The Morgan fingerprint density at radius 3 is 1.27 bits per heavy atom. The number of alkyl halides is 2. The van der Waals surface area contributed by atoms with E-state index in [1.807, 2.05) is 41.5 Å². The van der Waals surface area contributed by atoms with Gasteiger partial charge in [-0.15, -0.1) is 23.2 Å². The molecule has 2 aromatic carbocycles. The third kappa shape index (κ3) is 29.1. The van der Waals surface area contributed by atoms with Gasteiger partial charge in [-0.2, -0.15) is 15.0 Å². The van der Waals surface area contributed by atoms with Gasteiger partial charge in [0, 0.05) is 86.9 Å². The molecule has 0 spiro atoms. The van der Waals surface area contributed by atoms with Crippen molar-refractivity contribution in [2.45, 2.75) is 174 Å². The Kier molecular flexibility index (Phi) is 35.0. The van der Waals surface area contributed by atoms with Crippen LogP contribution in [0.4, 0.5) is 18.4 Å². The molecule has 4 fully saturated rings. The number of nitrogens with two attached hydrogens (primary N) is 2. The molecule has 41 heteroatoms. The van der Waals surface area contributed by atoms with E-state index in [2.05, 4.69) is 77.9 Å². The van der Waals surface area contributed by atoms with Crippen molar-refractivity contribution in [3.05, 3.63) is 187 Å². The molecule has 0 radical (unpaired) electrons. The number of carbonyl (C=O) groups excluding carboxylic acids is 4. The molecule has 3 amide bonds. The van der Waals surface area contributed by atoms with Crippen molar-refractivity contribution in [2.24, 2.45) is 27.7 Å². The second-order valence-electron chi connectivity index (χ2n) is 30.0. The van der Waals surface area contributed by atoms with Crippen LogP contribution in [0, 0.1) is 17.6 Å². The molecule has 4 aliphatic heterocycles. The van der Waals surface area contributed by atoms with Gasteiger partial charge in [-0.3, -0.25) is 4.79 Å². The maximum absolute atomic E-state index is 13.1. The maximum Gasteiger partial charge on any atom is 0.410 e. The highest BCUT2D eigenvalue weighted by Gasteiger charge is 2.39. The minimum absolute atomic E-state index is 0.00426. The van der Waals surface area contributed by atoms with Gasteiger partial charge < -0.3 is 94.6 Å². The number of carboxylic acid groups (broad SMARTS) is 1. The minimum atomic E-state index is -1.04. The number of hydrogen-bond donors (Lipinski definition) is 10. The summed E-state index contributed by atoms with van der Waals surface area (Å²) in [4.78, 5) is 98.0. The standard InChI is InChI=1S/C19H18ClFN4O2.C17H25ClN4O4.C17H23ClN4O3.C12H15ClN4O.C7H5FO2.C5H6ClN3O.CH2Cl2/c1-11-2-3-13(10-25(11)19(26)12-4-6-15(21)7-5-12)18-23-17(24-27-18)16-8-14(20)9-22-16;1-10-5-6-11(9-22(10)16(24)25-17(2,3)4)15(23)26-21-14(19)13-7-12(18)8-20-13;1-10-5-6-11(9-22(10)16(23)24-17(2,3)4)15-20-14(21-25-15)13-7-12(18)8-19-13;1-7-2-3-8(5-14-7)12-16-11(17-18-12)10-4-9(13)6-15-10;8-6-3-1-5(2-4-6)7(9)10;6-3-1-4(8-2-3)5(7)9-10;2-1-3/h4-9,11,13,22H,2-3,10H2,1H3;7-8,10-11,20H,5-6,9H2,1-4H3,(H2,19,21);7-8,10-11,19H,5-6,9H2,1-4H3;4,6-8,14-15H,2-3,5H2,1H3;1-4H,(H,9,10);1-2,8,10H,(H2,7,9);1H2/t11-,13?;10-,11?;10-,11+;7-,8?;;;/m1111.../s1. The molecule has 8 aromatic heterocycles. The summed E-state index contributed by atoms with van der Waals surface area (Å²) in [5, 5.41) is 41.4. The molecule has 14 rings (SSSR count). The van der Waals surface area contributed by atoms with E-state index in [4.69, 9.17) is 131 Å². The summed E-state index contributed by atoms with van der Waals surface area (Å²) in [6.07, 6.45) is 14.3. The van der Waals surface area contributed by atoms with Crippen molar-refractivity contribution >= 4 is 123 Å². The number of aromatic amines is 5. The number of carboxylic acids is 1. The monoisotopic (exact) mass is 1790 g/mol. The van der Waals surface area contributed by atoms with Crippen molar-refractivity contribution in [1.29, 1.82) is 0 Å². The summed E-state index contributed by atoms with van der Waals surface area (Å²) in [6.45, 7) is 21.3. The molecule has 12 N–H and O–H groups in total. The third-order valence-electron chi connectivity index (χ3n) is 18.6. The zero-order chi connectivity index (χ0) is 87.0. The van der Waals surface area contributed by atoms with E-state index in [0.717, 1.165) is 62.9 Å². The highest BCUT2D eigenvalue weighted by Crippen LogP contribution is 2.35. The molecule has 642 valence electrons. The summed E-state index contributed by atoms with van der Waals surface area (Å²) < 4.78 is 52.4. The number of carbonyl (C=O) groups is 5. The number of aromatic carboxylic acids is 1. The average molecular weight is 1790 g/mol. The van der Waals surface area contributed by atoms with Crippen LogP contribution in [0.2, 0.25) is 25.1 Å². The van der Waals surface area contributed by atoms with E-state index < -0.39 is 41.0 Å². The zero-order valence-corrected chi connectivity index (χ0v) is 71.9. The summed E-state index contributed by atoms with van der Waals surface area (Å²) >= 11 is 38.5. The molecule has 3 unspecified atom stereocenters. The lowest BCUT2D eigenvalue weighted by molar-refractivity contribution is -0.150. The maximum atomic E-state index is 13.1. The quantitative estimate of drug-likeness (QED) is 0.0136. The first-order valence-corrected chi connectivity index (χ1v) is 40.5. The Morgan fingerprint density at radius 1 is 0.521 bits per heavy atom. The number of halogens is 9. The Bertz CT molecular complexity index is 4970. The van der Waals surface area contributed by atoms with Crippen molar-refractivity contribution in [2.75, 3.05) is 31.5 Å². The number of benzene rings is 2. The Labute approximate surface area is 719 Å². The molecule has 4 aliphatic rings. The molecule has 0 aliphatic carbocycles. The highest BCUT2D eigenvalue weighted by atomic mass is 35.5. The number of nitrogens with one attached hydrogen (secondary N) is 6. The van der Waals surface area contributed by atoms with Gasteiger partial charge in [0.25, 0.3) is 5.91 Å². The van der Waals surface area contributed by atoms with Crippen LogP contribution < -0.4 is 16.8 Å². The number of hydrogen-bond acceptors (Lipinski definition) is 21. The predicted octanol–water partition coefficient (Wildman–Crippen LogP) is 17.6. The molecule has 12 heterocycles.